The molecule has 0 unspecified atom stereocenters. The third kappa shape index (κ3) is 4.14. The third-order valence-corrected chi connectivity index (χ3v) is 3.37. The van der Waals surface area contributed by atoms with Gasteiger partial charge in [-0.25, -0.2) is 4.98 Å². The summed E-state index contributed by atoms with van der Waals surface area (Å²) >= 11 is 3.33. The van der Waals surface area contributed by atoms with Gasteiger partial charge in [0.15, 0.2) is 0 Å². The van der Waals surface area contributed by atoms with Crippen LogP contribution >= 0.6 is 15.9 Å². The Morgan fingerprint density at radius 2 is 2.30 bits per heavy atom. The minimum atomic E-state index is -0.355. The number of aromatic nitrogens is 2. The predicted octanol–water partition coefficient (Wildman–Crippen LogP) is 2.80. The molecule has 1 aromatic heterocycles. The normalized spacial score (nSPS) is 10.7. The fraction of sp³-hybridized carbons (Fsp3) is 0.308. The van der Waals surface area contributed by atoms with Crippen LogP contribution in [0.15, 0.2) is 35.1 Å². The number of hydrogen-bond acceptors (Lipinski definition) is 4. The molecule has 0 aliphatic carbocycles. The summed E-state index contributed by atoms with van der Waals surface area (Å²) in [6.45, 7) is 1.26. The first kappa shape index (κ1) is 14.7. The van der Waals surface area contributed by atoms with Gasteiger partial charge < -0.3 is 10.3 Å². The minimum absolute atomic E-state index is 0.145. The van der Waals surface area contributed by atoms with E-state index in [1.807, 2.05) is 0 Å². The first-order valence-corrected chi connectivity index (χ1v) is 7.08. The van der Waals surface area contributed by atoms with Crippen molar-refractivity contribution in [2.45, 2.75) is 19.4 Å². The fourth-order valence-corrected chi connectivity index (χ4v) is 2.32. The minimum Gasteiger partial charge on any atom is -0.349 e. The van der Waals surface area contributed by atoms with Gasteiger partial charge in [-0.05, 0) is 25.1 Å². The summed E-state index contributed by atoms with van der Waals surface area (Å²) in [7, 11) is 0. The van der Waals surface area contributed by atoms with Gasteiger partial charge in [-0.1, -0.05) is 15.9 Å². The fourth-order valence-electron chi connectivity index (χ4n) is 1.91. The van der Waals surface area contributed by atoms with Gasteiger partial charge in [-0.15, -0.1) is 0 Å². The van der Waals surface area contributed by atoms with E-state index >= 15 is 0 Å². The molecule has 7 heteroatoms. The van der Waals surface area contributed by atoms with E-state index in [0.717, 1.165) is 29.7 Å². The van der Waals surface area contributed by atoms with Crippen molar-refractivity contribution in [3.05, 3.63) is 56.6 Å². The largest absolute Gasteiger partial charge is 0.349 e. The van der Waals surface area contributed by atoms with E-state index in [-0.39, 0.29) is 10.6 Å². The first-order chi connectivity index (χ1) is 9.66. The summed E-state index contributed by atoms with van der Waals surface area (Å²) < 4.78 is 0.843. The quantitative estimate of drug-likeness (QED) is 0.462. The molecule has 0 saturated heterocycles. The van der Waals surface area contributed by atoms with Crippen molar-refractivity contribution < 1.29 is 4.92 Å². The lowest BCUT2D eigenvalue weighted by Gasteiger charge is -2.06. The summed E-state index contributed by atoms with van der Waals surface area (Å²) in [5.41, 5.74) is 0.828. The average Bonchev–Trinajstić information content (AvgIpc) is 2.91. The Morgan fingerprint density at radius 3 is 3.00 bits per heavy atom. The molecular formula is C13H15BrN4O2. The number of nitro groups is 1. The molecule has 0 bridgehead atoms. The summed E-state index contributed by atoms with van der Waals surface area (Å²) in [6, 6.07) is 4.97. The van der Waals surface area contributed by atoms with Crippen LogP contribution in [0.3, 0.4) is 0 Å². The molecule has 0 spiro atoms. The third-order valence-electron chi connectivity index (χ3n) is 2.88. The molecule has 2 aromatic rings. The van der Waals surface area contributed by atoms with Crippen LogP contribution in [0.5, 0.6) is 0 Å². The van der Waals surface area contributed by atoms with Gasteiger partial charge in [0.05, 0.1) is 4.92 Å². The van der Waals surface area contributed by atoms with E-state index in [1.54, 1.807) is 24.5 Å². The van der Waals surface area contributed by atoms with Gasteiger partial charge in [0, 0.05) is 41.5 Å². The number of rotatable bonds is 7. The molecule has 0 aliphatic heterocycles. The van der Waals surface area contributed by atoms with Crippen LogP contribution in [0.2, 0.25) is 0 Å². The van der Waals surface area contributed by atoms with E-state index in [4.69, 9.17) is 0 Å². The molecule has 0 fully saturated rings. The van der Waals surface area contributed by atoms with Crippen LogP contribution in [-0.2, 0) is 13.0 Å². The Labute approximate surface area is 124 Å². The summed E-state index contributed by atoms with van der Waals surface area (Å²) in [5.74, 6) is 0.959. The van der Waals surface area contributed by atoms with Gasteiger partial charge in [0.1, 0.15) is 5.82 Å². The molecule has 2 rings (SSSR count). The van der Waals surface area contributed by atoms with Gasteiger partial charge >= 0.3 is 0 Å². The molecule has 106 valence electrons. The van der Waals surface area contributed by atoms with Crippen LogP contribution < -0.4 is 5.32 Å². The highest BCUT2D eigenvalue weighted by molar-refractivity contribution is 9.10. The van der Waals surface area contributed by atoms with Crippen molar-refractivity contribution in [2.24, 2.45) is 0 Å². The molecular weight excluding hydrogens is 324 g/mol. The number of benzene rings is 1. The Hall–Kier alpha value is -1.73. The maximum absolute atomic E-state index is 10.9. The predicted molar refractivity (Wildman–Crippen MR) is 79.4 cm³/mol. The van der Waals surface area contributed by atoms with Gasteiger partial charge in [-0.3, -0.25) is 10.1 Å². The van der Waals surface area contributed by atoms with Crippen LogP contribution in [0.25, 0.3) is 0 Å². The number of imidazole rings is 1. The summed E-state index contributed by atoms with van der Waals surface area (Å²) in [5, 5.41) is 14.1. The molecule has 2 N–H and O–H groups in total. The molecule has 0 radical (unpaired) electrons. The van der Waals surface area contributed by atoms with Crippen molar-refractivity contribution in [3.8, 4) is 0 Å². The Balaban J connectivity index is 1.81. The average molecular weight is 339 g/mol. The van der Waals surface area contributed by atoms with Crippen molar-refractivity contribution in [3.63, 3.8) is 0 Å². The number of hydrogen-bond donors (Lipinski definition) is 2. The van der Waals surface area contributed by atoms with Gasteiger partial charge in [0.2, 0.25) is 0 Å². The highest BCUT2D eigenvalue weighted by Crippen LogP contribution is 2.22. The van der Waals surface area contributed by atoms with E-state index < -0.39 is 0 Å². The summed E-state index contributed by atoms with van der Waals surface area (Å²) in [4.78, 5) is 17.8. The molecule has 0 amide bonds. The number of nitro benzene ring substituents is 1. The number of nitrogens with zero attached hydrogens (tertiary/aromatic N) is 2. The maximum atomic E-state index is 10.9. The zero-order valence-electron chi connectivity index (χ0n) is 10.8. The lowest BCUT2D eigenvalue weighted by molar-refractivity contribution is -0.385. The molecule has 1 heterocycles. The Morgan fingerprint density at radius 1 is 1.45 bits per heavy atom. The lowest BCUT2D eigenvalue weighted by atomic mass is 10.2. The number of aromatic amines is 1. The molecule has 0 aliphatic rings. The monoisotopic (exact) mass is 338 g/mol. The second-order valence-electron chi connectivity index (χ2n) is 4.35. The number of H-pyrrole nitrogens is 1. The van der Waals surface area contributed by atoms with E-state index in [0.29, 0.717) is 12.1 Å². The molecule has 1 aromatic carbocycles. The topological polar surface area (TPSA) is 83.8 Å². The van der Waals surface area contributed by atoms with E-state index in [1.165, 1.54) is 6.07 Å². The van der Waals surface area contributed by atoms with Gasteiger partial charge in [-0.2, -0.15) is 0 Å². The van der Waals surface area contributed by atoms with Crippen LogP contribution in [0, 0.1) is 10.1 Å². The van der Waals surface area contributed by atoms with Crippen molar-refractivity contribution >= 4 is 21.6 Å². The number of nitrogens with one attached hydrogen (secondary N) is 2. The van der Waals surface area contributed by atoms with Crippen molar-refractivity contribution in [1.29, 1.82) is 0 Å². The molecule has 20 heavy (non-hydrogen) atoms. The Kier molecular flexibility index (Phi) is 5.25. The zero-order valence-corrected chi connectivity index (χ0v) is 12.4. The standard InChI is InChI=1S/C13H15BrN4O2/c14-11-3-4-12(18(19)20)10(8-11)9-15-5-1-2-13-16-6-7-17-13/h3-4,6-8,15H,1-2,5,9H2,(H,16,17). The number of aryl methyl sites for hydroxylation is 1. The highest BCUT2D eigenvalue weighted by atomic mass is 79.9. The maximum Gasteiger partial charge on any atom is 0.273 e. The van der Waals surface area contributed by atoms with Crippen LogP contribution in [0.1, 0.15) is 17.8 Å². The van der Waals surface area contributed by atoms with E-state index in [2.05, 4.69) is 31.2 Å². The molecule has 0 atom stereocenters. The second-order valence-corrected chi connectivity index (χ2v) is 5.26. The van der Waals surface area contributed by atoms with Gasteiger partial charge in [0.25, 0.3) is 5.69 Å². The van der Waals surface area contributed by atoms with Crippen molar-refractivity contribution in [1.82, 2.24) is 15.3 Å². The smallest absolute Gasteiger partial charge is 0.273 e. The van der Waals surface area contributed by atoms with Crippen molar-refractivity contribution in [2.75, 3.05) is 6.54 Å². The Bertz CT molecular complexity index is 572. The SMILES string of the molecule is O=[N+]([O-])c1ccc(Br)cc1CNCCCc1ncc[nH]1. The molecule has 0 saturated carbocycles. The number of halogens is 1. The second kappa shape index (κ2) is 7.16. The lowest BCUT2D eigenvalue weighted by Crippen LogP contribution is -2.16. The zero-order chi connectivity index (χ0) is 14.4. The van der Waals surface area contributed by atoms with Crippen LogP contribution in [0.4, 0.5) is 5.69 Å². The van der Waals surface area contributed by atoms with E-state index in [9.17, 15) is 10.1 Å². The first-order valence-electron chi connectivity index (χ1n) is 6.28. The highest BCUT2D eigenvalue weighted by Gasteiger charge is 2.12. The van der Waals surface area contributed by atoms with Crippen LogP contribution in [-0.4, -0.2) is 21.4 Å². The molecule has 6 nitrogen and oxygen atoms in total. The summed E-state index contributed by atoms with van der Waals surface area (Å²) in [6.07, 6.45) is 5.32.